The van der Waals surface area contributed by atoms with Crippen molar-refractivity contribution in [1.29, 1.82) is 0 Å². The first-order chi connectivity index (χ1) is 11.9. The van der Waals surface area contributed by atoms with E-state index < -0.39 is 16.1 Å². The molecule has 2 unspecified atom stereocenters. The fourth-order valence-electron chi connectivity index (χ4n) is 3.98. The van der Waals surface area contributed by atoms with Crippen molar-refractivity contribution in [3.05, 3.63) is 34.9 Å². The lowest BCUT2D eigenvalue weighted by atomic mass is 9.89. The Morgan fingerprint density at radius 1 is 1.16 bits per heavy atom. The Morgan fingerprint density at radius 2 is 1.88 bits per heavy atom. The largest absolute Gasteiger partial charge is 0.348 e. The van der Waals surface area contributed by atoms with Crippen LogP contribution < -0.4 is 5.32 Å². The van der Waals surface area contributed by atoms with Crippen molar-refractivity contribution in [3.8, 4) is 0 Å². The number of fused-ring (bicyclic) bond motifs is 1. The summed E-state index contributed by atoms with van der Waals surface area (Å²) >= 11 is 0. The second kappa shape index (κ2) is 7.46. The third-order valence-corrected chi connectivity index (χ3v) is 6.70. The maximum Gasteiger partial charge on any atom is 0.238 e. The standard InChI is InChI=1S/C19H28N2O3S/c1-14(16-11-10-15-7-3-4-8-17(15)13-16)20-19(22)18-9-5-6-12-21(18)25(2,23)24/h10-11,13-14,18H,3-9,12H2,1-2H3,(H,20,22). The van der Waals surface area contributed by atoms with Gasteiger partial charge in [-0.25, -0.2) is 8.42 Å². The minimum absolute atomic E-state index is 0.122. The number of piperidine rings is 1. The summed E-state index contributed by atoms with van der Waals surface area (Å²) in [7, 11) is -3.36. The number of aryl methyl sites for hydroxylation is 2. The highest BCUT2D eigenvalue weighted by Crippen LogP contribution is 2.26. The summed E-state index contributed by atoms with van der Waals surface area (Å²) in [5, 5.41) is 3.03. The van der Waals surface area contributed by atoms with Crippen molar-refractivity contribution in [2.45, 2.75) is 64.0 Å². The minimum atomic E-state index is -3.36. The van der Waals surface area contributed by atoms with Gasteiger partial charge in [-0.15, -0.1) is 0 Å². The number of sulfonamides is 1. The molecular formula is C19H28N2O3S. The lowest BCUT2D eigenvalue weighted by molar-refractivity contribution is -0.126. The average molecular weight is 365 g/mol. The molecule has 0 bridgehead atoms. The summed E-state index contributed by atoms with van der Waals surface area (Å²) in [6.45, 7) is 2.40. The van der Waals surface area contributed by atoms with Crippen LogP contribution in [0.1, 0.15) is 61.8 Å². The van der Waals surface area contributed by atoms with Crippen LogP contribution in [0.4, 0.5) is 0 Å². The number of carbonyl (C=O) groups excluding carboxylic acids is 1. The topological polar surface area (TPSA) is 66.5 Å². The van der Waals surface area contributed by atoms with E-state index in [1.54, 1.807) is 0 Å². The van der Waals surface area contributed by atoms with Gasteiger partial charge in [0.1, 0.15) is 6.04 Å². The lowest BCUT2D eigenvalue weighted by Crippen LogP contribution is -2.51. The molecule has 0 saturated carbocycles. The molecule has 2 aliphatic rings. The smallest absolute Gasteiger partial charge is 0.238 e. The molecule has 1 aromatic rings. The number of benzene rings is 1. The predicted molar refractivity (Wildman–Crippen MR) is 98.8 cm³/mol. The number of hydrogen-bond donors (Lipinski definition) is 1. The van der Waals surface area contributed by atoms with Crippen LogP contribution >= 0.6 is 0 Å². The van der Waals surface area contributed by atoms with Gasteiger partial charge in [-0.05, 0) is 62.1 Å². The van der Waals surface area contributed by atoms with Gasteiger partial charge in [0.25, 0.3) is 0 Å². The molecule has 6 heteroatoms. The Kier molecular flexibility index (Phi) is 5.49. The van der Waals surface area contributed by atoms with E-state index >= 15 is 0 Å². The summed E-state index contributed by atoms with van der Waals surface area (Å²) in [4.78, 5) is 12.7. The zero-order valence-corrected chi connectivity index (χ0v) is 15.9. The van der Waals surface area contributed by atoms with Crippen molar-refractivity contribution >= 4 is 15.9 Å². The Balaban J connectivity index is 1.71. The van der Waals surface area contributed by atoms with E-state index in [4.69, 9.17) is 0 Å². The van der Waals surface area contributed by atoms with Crippen LogP contribution in [0.2, 0.25) is 0 Å². The average Bonchev–Trinajstić information content (AvgIpc) is 2.60. The van der Waals surface area contributed by atoms with Crippen molar-refractivity contribution in [2.75, 3.05) is 12.8 Å². The molecule has 138 valence electrons. The molecule has 1 aromatic carbocycles. The molecule has 5 nitrogen and oxygen atoms in total. The number of nitrogens with one attached hydrogen (secondary N) is 1. The molecule has 0 spiro atoms. The fourth-order valence-corrected chi connectivity index (χ4v) is 5.10. The number of nitrogens with zero attached hydrogens (tertiary/aromatic N) is 1. The highest BCUT2D eigenvalue weighted by atomic mass is 32.2. The van der Waals surface area contributed by atoms with E-state index in [-0.39, 0.29) is 11.9 Å². The Bertz CT molecular complexity index is 745. The first kappa shape index (κ1) is 18.4. The van der Waals surface area contributed by atoms with E-state index in [9.17, 15) is 13.2 Å². The van der Waals surface area contributed by atoms with Gasteiger partial charge in [0, 0.05) is 6.54 Å². The summed E-state index contributed by atoms with van der Waals surface area (Å²) in [5.74, 6) is -0.185. The molecule has 25 heavy (non-hydrogen) atoms. The Hall–Kier alpha value is -1.40. The Labute approximate surface area is 150 Å². The molecular weight excluding hydrogens is 336 g/mol. The molecule has 1 heterocycles. The first-order valence-electron chi connectivity index (χ1n) is 9.25. The molecule has 3 rings (SSSR count). The van der Waals surface area contributed by atoms with Gasteiger partial charge < -0.3 is 5.32 Å². The Morgan fingerprint density at radius 3 is 2.60 bits per heavy atom. The SMILES string of the molecule is CC(NC(=O)C1CCCCN1S(C)(=O)=O)c1ccc2c(c1)CCCC2. The maximum atomic E-state index is 12.7. The van der Waals surface area contributed by atoms with Crippen LogP contribution in [0.5, 0.6) is 0 Å². The third-order valence-electron chi connectivity index (χ3n) is 5.41. The normalized spacial score (nSPS) is 22.9. The van der Waals surface area contributed by atoms with Crippen LogP contribution in [0.15, 0.2) is 18.2 Å². The summed E-state index contributed by atoms with van der Waals surface area (Å²) in [6.07, 6.45) is 8.20. The van der Waals surface area contributed by atoms with Crippen LogP contribution in [0.25, 0.3) is 0 Å². The number of amides is 1. The molecule has 1 fully saturated rings. The van der Waals surface area contributed by atoms with Crippen LogP contribution in [0, 0.1) is 0 Å². The molecule has 1 saturated heterocycles. The molecule has 2 atom stereocenters. The van der Waals surface area contributed by atoms with Gasteiger partial charge >= 0.3 is 0 Å². The van der Waals surface area contributed by atoms with Crippen molar-refractivity contribution in [1.82, 2.24) is 9.62 Å². The van der Waals surface area contributed by atoms with Gasteiger partial charge in [0.15, 0.2) is 0 Å². The summed E-state index contributed by atoms with van der Waals surface area (Å²) in [5.41, 5.74) is 3.90. The van der Waals surface area contributed by atoms with E-state index in [1.165, 1.54) is 34.5 Å². The van der Waals surface area contributed by atoms with Crippen LogP contribution in [-0.2, 0) is 27.7 Å². The van der Waals surface area contributed by atoms with Crippen LogP contribution in [-0.4, -0.2) is 37.5 Å². The molecule has 0 radical (unpaired) electrons. The molecule has 0 aromatic heterocycles. The quantitative estimate of drug-likeness (QED) is 0.893. The van der Waals surface area contributed by atoms with Crippen molar-refractivity contribution in [2.24, 2.45) is 0 Å². The zero-order chi connectivity index (χ0) is 18.0. The summed E-state index contributed by atoms with van der Waals surface area (Å²) in [6, 6.07) is 5.77. The second-order valence-electron chi connectivity index (χ2n) is 7.35. The lowest BCUT2D eigenvalue weighted by Gasteiger charge is -2.33. The first-order valence-corrected chi connectivity index (χ1v) is 11.1. The third kappa shape index (κ3) is 4.23. The van der Waals surface area contributed by atoms with Gasteiger partial charge in [0.2, 0.25) is 15.9 Å². The molecule has 1 aliphatic heterocycles. The van der Waals surface area contributed by atoms with Gasteiger partial charge in [-0.1, -0.05) is 24.6 Å². The number of rotatable bonds is 4. The molecule has 1 amide bonds. The highest BCUT2D eigenvalue weighted by molar-refractivity contribution is 7.88. The fraction of sp³-hybridized carbons (Fsp3) is 0.632. The minimum Gasteiger partial charge on any atom is -0.348 e. The maximum absolute atomic E-state index is 12.7. The van der Waals surface area contributed by atoms with Crippen molar-refractivity contribution in [3.63, 3.8) is 0 Å². The van der Waals surface area contributed by atoms with E-state index in [0.717, 1.165) is 31.2 Å². The zero-order valence-electron chi connectivity index (χ0n) is 15.1. The van der Waals surface area contributed by atoms with Crippen LogP contribution in [0.3, 0.4) is 0 Å². The molecule has 1 N–H and O–H groups in total. The van der Waals surface area contributed by atoms with E-state index in [1.807, 2.05) is 6.92 Å². The monoisotopic (exact) mass is 364 g/mol. The summed E-state index contributed by atoms with van der Waals surface area (Å²) < 4.78 is 25.3. The number of hydrogen-bond acceptors (Lipinski definition) is 3. The van der Waals surface area contributed by atoms with Gasteiger partial charge in [0.05, 0.1) is 12.3 Å². The predicted octanol–water partition coefficient (Wildman–Crippen LogP) is 2.56. The highest BCUT2D eigenvalue weighted by Gasteiger charge is 2.34. The van der Waals surface area contributed by atoms with Crippen molar-refractivity contribution < 1.29 is 13.2 Å². The van der Waals surface area contributed by atoms with E-state index in [0.29, 0.717) is 13.0 Å². The number of carbonyl (C=O) groups is 1. The van der Waals surface area contributed by atoms with Gasteiger partial charge in [-0.2, -0.15) is 4.31 Å². The molecule has 1 aliphatic carbocycles. The van der Waals surface area contributed by atoms with Gasteiger partial charge in [-0.3, -0.25) is 4.79 Å². The van der Waals surface area contributed by atoms with E-state index in [2.05, 4.69) is 23.5 Å². The second-order valence-corrected chi connectivity index (χ2v) is 9.29.